The van der Waals surface area contributed by atoms with Crippen molar-refractivity contribution in [2.24, 2.45) is 0 Å². The van der Waals surface area contributed by atoms with Gasteiger partial charge in [-0.2, -0.15) is 8.78 Å². The highest BCUT2D eigenvalue weighted by Gasteiger charge is 2.12. The summed E-state index contributed by atoms with van der Waals surface area (Å²) >= 11 is 0. The first-order valence-electron chi connectivity index (χ1n) is 6.70. The van der Waals surface area contributed by atoms with Gasteiger partial charge in [-0.25, -0.2) is 4.79 Å². The van der Waals surface area contributed by atoms with E-state index in [1.54, 1.807) is 19.1 Å². The minimum atomic E-state index is -2.91. The van der Waals surface area contributed by atoms with Crippen LogP contribution in [-0.4, -0.2) is 30.4 Å². The quantitative estimate of drug-likeness (QED) is 0.725. The van der Waals surface area contributed by atoms with Crippen LogP contribution in [0.15, 0.2) is 18.2 Å². The molecule has 0 saturated carbocycles. The van der Waals surface area contributed by atoms with Crippen LogP contribution in [0.25, 0.3) is 0 Å². The zero-order chi connectivity index (χ0) is 15.8. The van der Waals surface area contributed by atoms with E-state index in [4.69, 9.17) is 5.11 Å². The molecule has 1 unspecified atom stereocenters. The number of halogens is 2. The maximum Gasteiger partial charge on any atom is 0.387 e. The van der Waals surface area contributed by atoms with Crippen molar-refractivity contribution in [2.45, 2.75) is 39.3 Å². The Kier molecular flexibility index (Phi) is 6.87. The molecule has 1 aromatic carbocycles. The topological polar surface area (TPSA) is 70.6 Å². The Morgan fingerprint density at radius 3 is 2.71 bits per heavy atom. The lowest BCUT2D eigenvalue weighted by Crippen LogP contribution is -2.38. The fraction of sp³-hybridized carbons (Fsp3) is 0.500. The summed E-state index contributed by atoms with van der Waals surface area (Å²) in [4.78, 5) is 11.8. The van der Waals surface area contributed by atoms with Crippen molar-refractivity contribution in [3.63, 3.8) is 0 Å². The summed E-state index contributed by atoms with van der Waals surface area (Å²) in [6, 6.07) is 3.92. The minimum Gasteiger partial charge on any atom is -0.434 e. The third kappa shape index (κ3) is 5.95. The second-order valence-electron chi connectivity index (χ2n) is 4.57. The van der Waals surface area contributed by atoms with Gasteiger partial charge in [0.05, 0.1) is 0 Å². The Morgan fingerprint density at radius 1 is 1.43 bits per heavy atom. The number of carbonyl (C=O) groups excluding carboxylic acids is 1. The van der Waals surface area contributed by atoms with E-state index in [-0.39, 0.29) is 18.4 Å². The first-order chi connectivity index (χ1) is 9.96. The lowest BCUT2D eigenvalue weighted by atomic mass is 10.1. The van der Waals surface area contributed by atoms with Crippen LogP contribution in [0.1, 0.15) is 25.3 Å². The Bertz CT molecular complexity index is 470. The number of urea groups is 1. The summed E-state index contributed by atoms with van der Waals surface area (Å²) in [5.74, 6) is 0.0187. The first kappa shape index (κ1) is 17.2. The molecule has 0 fully saturated rings. The molecule has 1 aromatic rings. The van der Waals surface area contributed by atoms with Crippen LogP contribution in [0, 0.1) is 6.92 Å². The summed E-state index contributed by atoms with van der Waals surface area (Å²) in [5, 5.41) is 14.1. The van der Waals surface area contributed by atoms with Crippen LogP contribution in [-0.2, 0) is 0 Å². The normalized spacial score (nSPS) is 12.1. The molecule has 0 radical (unpaired) electrons. The number of amides is 2. The number of aliphatic hydroxyl groups is 1. The number of anilines is 1. The molecule has 0 spiro atoms. The van der Waals surface area contributed by atoms with Crippen molar-refractivity contribution in [1.29, 1.82) is 0 Å². The van der Waals surface area contributed by atoms with E-state index in [0.717, 1.165) is 0 Å². The molecule has 0 aliphatic heterocycles. The molecule has 0 heterocycles. The average Bonchev–Trinajstić information content (AvgIpc) is 2.41. The molecular formula is C14H20F2N2O3. The average molecular weight is 302 g/mol. The number of ether oxygens (including phenoxy) is 1. The highest BCUT2D eigenvalue weighted by Crippen LogP contribution is 2.24. The van der Waals surface area contributed by atoms with Gasteiger partial charge >= 0.3 is 12.6 Å². The number of carbonyl (C=O) groups is 1. The number of aryl methyl sites for hydroxylation is 1. The lowest BCUT2D eigenvalue weighted by Gasteiger charge is -2.17. The fourth-order valence-electron chi connectivity index (χ4n) is 1.79. The molecular weight excluding hydrogens is 282 g/mol. The van der Waals surface area contributed by atoms with E-state index in [0.29, 0.717) is 24.1 Å². The summed E-state index contributed by atoms with van der Waals surface area (Å²) in [7, 11) is 0. The van der Waals surface area contributed by atoms with Crippen molar-refractivity contribution < 1.29 is 23.4 Å². The van der Waals surface area contributed by atoms with Crippen molar-refractivity contribution in [1.82, 2.24) is 5.32 Å². The predicted octanol–water partition coefficient (Wildman–Crippen LogP) is 2.88. The van der Waals surface area contributed by atoms with Crippen molar-refractivity contribution >= 4 is 11.7 Å². The van der Waals surface area contributed by atoms with Crippen molar-refractivity contribution in [3.05, 3.63) is 23.8 Å². The van der Waals surface area contributed by atoms with Crippen molar-refractivity contribution in [2.75, 3.05) is 11.9 Å². The summed E-state index contributed by atoms with van der Waals surface area (Å²) in [6.45, 7) is 0.592. The van der Waals surface area contributed by atoms with E-state index in [1.165, 1.54) is 6.07 Å². The highest BCUT2D eigenvalue weighted by molar-refractivity contribution is 5.89. The van der Waals surface area contributed by atoms with Gasteiger partial charge in [-0.05, 0) is 31.4 Å². The van der Waals surface area contributed by atoms with Gasteiger partial charge in [0.15, 0.2) is 0 Å². The first-order valence-corrected chi connectivity index (χ1v) is 6.70. The molecule has 21 heavy (non-hydrogen) atoms. The molecule has 7 heteroatoms. The standard InChI is InChI=1S/C14H20F2N2O3/c1-3-10(6-7-19)17-14(20)18-11-5-4-9(2)12(8-11)21-13(15)16/h4-5,8,10,13,19H,3,6-7H2,1-2H3,(H2,17,18,20). The van der Waals surface area contributed by atoms with Crippen LogP contribution in [0.2, 0.25) is 0 Å². The monoisotopic (exact) mass is 302 g/mol. The molecule has 0 bridgehead atoms. The Labute approximate surface area is 122 Å². The number of benzene rings is 1. The molecule has 118 valence electrons. The van der Waals surface area contributed by atoms with Gasteiger partial charge in [0, 0.05) is 24.4 Å². The van der Waals surface area contributed by atoms with Gasteiger partial charge in [0.2, 0.25) is 0 Å². The molecule has 3 N–H and O–H groups in total. The van der Waals surface area contributed by atoms with Gasteiger partial charge < -0.3 is 20.5 Å². The molecule has 0 aromatic heterocycles. The maximum atomic E-state index is 12.3. The van der Waals surface area contributed by atoms with E-state index < -0.39 is 12.6 Å². The van der Waals surface area contributed by atoms with Crippen molar-refractivity contribution in [3.8, 4) is 5.75 Å². The molecule has 0 aliphatic rings. The molecule has 1 rings (SSSR count). The number of aliphatic hydroxyl groups excluding tert-OH is 1. The van der Waals surface area contributed by atoms with Crippen LogP contribution >= 0.6 is 0 Å². The molecule has 1 atom stereocenters. The lowest BCUT2D eigenvalue weighted by molar-refractivity contribution is -0.0502. The predicted molar refractivity (Wildman–Crippen MR) is 75.7 cm³/mol. The van der Waals surface area contributed by atoms with E-state index in [2.05, 4.69) is 15.4 Å². The van der Waals surface area contributed by atoms with Gasteiger partial charge in [-0.1, -0.05) is 13.0 Å². The van der Waals surface area contributed by atoms with Gasteiger partial charge in [-0.15, -0.1) is 0 Å². The van der Waals surface area contributed by atoms with Crippen LogP contribution < -0.4 is 15.4 Å². The Hall–Kier alpha value is -1.89. The minimum absolute atomic E-state index is 0.0182. The highest BCUT2D eigenvalue weighted by atomic mass is 19.3. The summed E-state index contributed by atoms with van der Waals surface area (Å²) in [5.41, 5.74) is 0.903. The molecule has 2 amide bonds. The zero-order valence-corrected chi connectivity index (χ0v) is 12.0. The smallest absolute Gasteiger partial charge is 0.387 e. The van der Waals surface area contributed by atoms with Gasteiger partial charge in [0.1, 0.15) is 5.75 Å². The number of nitrogens with one attached hydrogen (secondary N) is 2. The third-order valence-electron chi connectivity index (χ3n) is 2.97. The second kappa shape index (κ2) is 8.41. The Balaban J connectivity index is 2.67. The number of hydrogen-bond donors (Lipinski definition) is 3. The van der Waals surface area contributed by atoms with E-state index in [1.807, 2.05) is 6.92 Å². The second-order valence-corrected chi connectivity index (χ2v) is 4.57. The number of rotatable bonds is 7. The third-order valence-corrected chi connectivity index (χ3v) is 2.97. The summed E-state index contributed by atoms with van der Waals surface area (Å²) < 4.78 is 28.9. The molecule has 5 nitrogen and oxygen atoms in total. The van der Waals surface area contributed by atoms with E-state index >= 15 is 0 Å². The fourth-order valence-corrected chi connectivity index (χ4v) is 1.79. The van der Waals surface area contributed by atoms with Crippen LogP contribution in [0.5, 0.6) is 5.75 Å². The van der Waals surface area contributed by atoms with Crippen LogP contribution in [0.3, 0.4) is 0 Å². The molecule has 0 aliphatic carbocycles. The molecule has 0 saturated heterocycles. The summed E-state index contributed by atoms with van der Waals surface area (Å²) in [6.07, 6.45) is 1.14. The largest absolute Gasteiger partial charge is 0.434 e. The van der Waals surface area contributed by atoms with Gasteiger partial charge in [0.25, 0.3) is 0 Å². The maximum absolute atomic E-state index is 12.3. The van der Waals surface area contributed by atoms with Gasteiger partial charge in [-0.3, -0.25) is 0 Å². The SMILES string of the molecule is CCC(CCO)NC(=O)Nc1ccc(C)c(OC(F)F)c1. The Morgan fingerprint density at radius 2 is 2.14 bits per heavy atom. The van der Waals surface area contributed by atoms with Crippen LogP contribution in [0.4, 0.5) is 19.3 Å². The van der Waals surface area contributed by atoms with E-state index in [9.17, 15) is 13.6 Å². The number of hydrogen-bond acceptors (Lipinski definition) is 3. The number of alkyl halides is 2. The zero-order valence-electron chi connectivity index (χ0n) is 12.0.